The number of nitrogens with zero attached hydrogens (tertiary/aromatic N) is 1. The maximum Gasteiger partial charge on any atom is 0.272 e. The molecule has 1 aromatic carbocycles. The third kappa shape index (κ3) is 1.16. The van der Waals surface area contributed by atoms with Gasteiger partial charge in [0, 0.05) is 18.3 Å². The van der Waals surface area contributed by atoms with Crippen molar-refractivity contribution in [3.8, 4) is 0 Å². The molecule has 0 atom stereocenters. The highest BCUT2D eigenvalue weighted by atomic mass is 16.1. The molecule has 16 heavy (non-hydrogen) atoms. The summed E-state index contributed by atoms with van der Waals surface area (Å²) in [6.45, 7) is 0. The molecule has 0 spiro atoms. The van der Waals surface area contributed by atoms with Gasteiger partial charge in [0.2, 0.25) is 0 Å². The van der Waals surface area contributed by atoms with Crippen molar-refractivity contribution in [3.63, 3.8) is 0 Å². The predicted octanol–water partition coefficient (Wildman–Crippen LogP) is 1.14. The largest absolute Gasteiger partial charge is 0.319 e. The first-order valence-electron chi connectivity index (χ1n) is 4.89. The molecule has 4 heteroatoms. The molecule has 3 aromatic rings. The molecule has 2 aromatic heterocycles. The van der Waals surface area contributed by atoms with E-state index in [4.69, 9.17) is 0 Å². The second kappa shape index (κ2) is 3.06. The normalized spacial score (nSPS) is 11.0. The molecule has 78 valence electrons. The first-order chi connectivity index (χ1) is 7.75. The molecule has 0 unspecified atom stereocenters. The monoisotopic (exact) mass is 212 g/mol. The Balaban J connectivity index is 2.70. The van der Waals surface area contributed by atoms with Crippen LogP contribution in [0.5, 0.6) is 0 Å². The zero-order valence-electron chi connectivity index (χ0n) is 8.31. The lowest BCUT2D eigenvalue weighted by Crippen LogP contribution is -2.14. The van der Waals surface area contributed by atoms with Crippen LogP contribution in [0.1, 0.15) is 0 Å². The summed E-state index contributed by atoms with van der Waals surface area (Å²) in [4.78, 5) is 25.7. The zero-order chi connectivity index (χ0) is 11.1. The van der Waals surface area contributed by atoms with Crippen LogP contribution in [0, 0.1) is 0 Å². The van der Waals surface area contributed by atoms with Gasteiger partial charge in [0.1, 0.15) is 5.52 Å². The average molecular weight is 212 g/mol. The van der Waals surface area contributed by atoms with Crippen LogP contribution in [0.4, 0.5) is 0 Å². The van der Waals surface area contributed by atoms with Crippen molar-refractivity contribution in [1.29, 1.82) is 0 Å². The number of para-hydroxylation sites is 2. The second-order valence-corrected chi connectivity index (χ2v) is 3.59. The molecule has 0 saturated heterocycles. The van der Waals surface area contributed by atoms with Gasteiger partial charge >= 0.3 is 0 Å². The van der Waals surface area contributed by atoms with E-state index in [-0.39, 0.29) is 11.0 Å². The maximum absolute atomic E-state index is 11.7. The first kappa shape index (κ1) is 8.91. The fraction of sp³-hybridized carbons (Fsp3) is 0. The summed E-state index contributed by atoms with van der Waals surface area (Å²) in [5.74, 6) is 0. The molecular formula is C12H8N2O2. The molecule has 0 aliphatic rings. The van der Waals surface area contributed by atoms with Crippen molar-refractivity contribution in [1.82, 2.24) is 9.38 Å². The number of pyridine rings is 1. The summed E-state index contributed by atoms with van der Waals surface area (Å²) in [6, 6.07) is 10.2. The molecule has 0 radical (unpaired) electrons. The lowest BCUT2D eigenvalue weighted by atomic mass is 10.3. The summed E-state index contributed by atoms with van der Waals surface area (Å²) in [7, 11) is 0. The van der Waals surface area contributed by atoms with Gasteiger partial charge in [0.05, 0.1) is 11.0 Å². The highest BCUT2D eigenvalue weighted by Crippen LogP contribution is 2.09. The lowest BCUT2D eigenvalue weighted by Gasteiger charge is -2.04. The highest BCUT2D eigenvalue weighted by Gasteiger charge is 2.02. The number of hydrogen-bond acceptors (Lipinski definition) is 2. The van der Waals surface area contributed by atoms with Crippen molar-refractivity contribution < 1.29 is 0 Å². The zero-order valence-corrected chi connectivity index (χ0v) is 8.31. The van der Waals surface area contributed by atoms with Gasteiger partial charge in [-0.1, -0.05) is 12.1 Å². The van der Waals surface area contributed by atoms with Crippen LogP contribution in [0.2, 0.25) is 0 Å². The minimum absolute atomic E-state index is 0.166. The number of hydrogen-bond donors (Lipinski definition) is 1. The average Bonchev–Trinajstić information content (AvgIpc) is 2.29. The molecule has 0 aliphatic heterocycles. The van der Waals surface area contributed by atoms with Crippen LogP contribution in [0.25, 0.3) is 16.6 Å². The predicted molar refractivity (Wildman–Crippen MR) is 61.8 cm³/mol. The minimum atomic E-state index is -0.253. The molecule has 4 nitrogen and oxygen atoms in total. The van der Waals surface area contributed by atoms with E-state index >= 15 is 0 Å². The van der Waals surface area contributed by atoms with Crippen molar-refractivity contribution >= 4 is 16.6 Å². The molecular weight excluding hydrogens is 204 g/mol. The Morgan fingerprint density at radius 3 is 2.69 bits per heavy atom. The van der Waals surface area contributed by atoms with E-state index in [1.807, 2.05) is 24.3 Å². The van der Waals surface area contributed by atoms with Crippen LogP contribution < -0.4 is 11.0 Å². The summed E-state index contributed by atoms with van der Waals surface area (Å²) < 4.78 is 1.72. The van der Waals surface area contributed by atoms with Crippen LogP contribution in [0.15, 0.2) is 52.2 Å². The number of fused-ring (bicyclic) bond motifs is 3. The van der Waals surface area contributed by atoms with Gasteiger partial charge < -0.3 is 9.38 Å². The van der Waals surface area contributed by atoms with E-state index in [0.717, 1.165) is 11.0 Å². The molecule has 0 fully saturated rings. The number of aromatic nitrogens is 2. The number of nitrogens with one attached hydrogen (secondary N) is 1. The van der Waals surface area contributed by atoms with Gasteiger partial charge in [-0.25, -0.2) is 0 Å². The molecule has 0 amide bonds. The molecule has 3 rings (SSSR count). The van der Waals surface area contributed by atoms with Crippen LogP contribution in [-0.2, 0) is 0 Å². The summed E-state index contributed by atoms with van der Waals surface area (Å²) in [6.07, 6.45) is 1.62. The van der Waals surface area contributed by atoms with Crippen molar-refractivity contribution in [3.05, 3.63) is 63.2 Å². The van der Waals surface area contributed by atoms with Gasteiger partial charge in [-0.15, -0.1) is 0 Å². The van der Waals surface area contributed by atoms with E-state index in [2.05, 4.69) is 4.98 Å². The summed E-state index contributed by atoms with van der Waals surface area (Å²) in [5, 5.41) is 0. The van der Waals surface area contributed by atoms with Crippen LogP contribution in [0.3, 0.4) is 0 Å². The standard InChI is InChI=1S/C12H8N2O2/c15-8-5-6-14-10-4-2-1-3-9(10)13-12(16)11(14)7-8/h1-7H,(H,13,16). The number of benzene rings is 1. The molecule has 0 aliphatic carbocycles. The Hall–Kier alpha value is -2.36. The van der Waals surface area contributed by atoms with Crippen LogP contribution >= 0.6 is 0 Å². The Labute approximate surface area is 89.8 Å². The smallest absolute Gasteiger partial charge is 0.272 e. The van der Waals surface area contributed by atoms with Crippen LogP contribution in [-0.4, -0.2) is 9.38 Å². The van der Waals surface area contributed by atoms with Gasteiger partial charge in [0.15, 0.2) is 5.43 Å². The summed E-state index contributed by atoms with van der Waals surface area (Å²) in [5.41, 5.74) is 1.57. The SMILES string of the molecule is O=c1ccn2c(c1)c(=O)[nH]c1ccccc12. The lowest BCUT2D eigenvalue weighted by molar-refractivity contribution is 1.15. The minimum Gasteiger partial charge on any atom is -0.319 e. The molecule has 2 heterocycles. The van der Waals surface area contributed by atoms with E-state index in [9.17, 15) is 9.59 Å². The van der Waals surface area contributed by atoms with Crippen molar-refractivity contribution in [2.45, 2.75) is 0 Å². The van der Waals surface area contributed by atoms with Crippen molar-refractivity contribution in [2.24, 2.45) is 0 Å². The first-order valence-corrected chi connectivity index (χ1v) is 4.89. The molecule has 0 saturated carbocycles. The van der Waals surface area contributed by atoms with E-state index in [0.29, 0.717) is 5.52 Å². The number of rotatable bonds is 0. The fourth-order valence-electron chi connectivity index (χ4n) is 1.84. The van der Waals surface area contributed by atoms with E-state index < -0.39 is 0 Å². The van der Waals surface area contributed by atoms with E-state index in [1.165, 1.54) is 12.1 Å². The second-order valence-electron chi connectivity index (χ2n) is 3.59. The Morgan fingerprint density at radius 1 is 1.00 bits per heavy atom. The quantitative estimate of drug-likeness (QED) is 0.568. The third-order valence-electron chi connectivity index (χ3n) is 2.57. The fourth-order valence-corrected chi connectivity index (χ4v) is 1.84. The van der Waals surface area contributed by atoms with Gasteiger partial charge in [0.25, 0.3) is 5.56 Å². The molecule has 1 N–H and O–H groups in total. The Morgan fingerprint density at radius 2 is 1.81 bits per heavy atom. The van der Waals surface area contributed by atoms with Gasteiger partial charge in [-0.05, 0) is 12.1 Å². The topological polar surface area (TPSA) is 54.3 Å². The highest BCUT2D eigenvalue weighted by molar-refractivity contribution is 5.77. The third-order valence-corrected chi connectivity index (χ3v) is 2.57. The molecule has 0 bridgehead atoms. The summed E-state index contributed by atoms with van der Waals surface area (Å²) >= 11 is 0. The number of H-pyrrole nitrogens is 1. The Bertz CT molecular complexity index is 799. The van der Waals surface area contributed by atoms with E-state index in [1.54, 1.807) is 10.6 Å². The van der Waals surface area contributed by atoms with Crippen molar-refractivity contribution in [2.75, 3.05) is 0 Å². The number of aromatic amines is 1. The van der Waals surface area contributed by atoms with Gasteiger partial charge in [-0.2, -0.15) is 0 Å². The maximum atomic E-state index is 11.7. The Kier molecular flexibility index (Phi) is 1.71. The van der Waals surface area contributed by atoms with Gasteiger partial charge in [-0.3, -0.25) is 9.59 Å².